The van der Waals surface area contributed by atoms with Crippen molar-refractivity contribution < 1.29 is 14.3 Å². The fourth-order valence-corrected chi connectivity index (χ4v) is 4.78. The van der Waals surface area contributed by atoms with Gasteiger partial charge in [0.2, 0.25) is 0 Å². The molecule has 1 N–H and O–H groups in total. The van der Waals surface area contributed by atoms with Crippen molar-refractivity contribution in [2.24, 2.45) is 5.92 Å². The normalized spacial score (nSPS) is 20.9. The first-order chi connectivity index (χ1) is 16.4. The van der Waals surface area contributed by atoms with E-state index >= 15 is 0 Å². The summed E-state index contributed by atoms with van der Waals surface area (Å²) in [5.41, 5.74) is 0.724. The molecule has 0 bridgehead atoms. The Morgan fingerprint density at radius 3 is 2.41 bits per heavy atom. The summed E-state index contributed by atoms with van der Waals surface area (Å²) in [5.74, 6) is 1.54. The summed E-state index contributed by atoms with van der Waals surface area (Å²) in [7, 11) is 0. The third-order valence-electron chi connectivity index (χ3n) is 6.65. The molecule has 1 aliphatic carbocycles. The first-order valence-corrected chi connectivity index (χ1v) is 12.1. The average Bonchev–Trinajstić information content (AvgIpc) is 2.85. The minimum atomic E-state index is -0.224. The molecule has 1 saturated heterocycles. The Hall–Kier alpha value is -3.18. The molecule has 9 heteroatoms. The van der Waals surface area contributed by atoms with Gasteiger partial charge in [0.1, 0.15) is 17.6 Å². The van der Waals surface area contributed by atoms with Gasteiger partial charge in [0, 0.05) is 31.1 Å². The van der Waals surface area contributed by atoms with Crippen LogP contribution < -0.4 is 15.0 Å². The van der Waals surface area contributed by atoms with Crippen LogP contribution in [-0.2, 0) is 4.79 Å². The van der Waals surface area contributed by atoms with E-state index in [-0.39, 0.29) is 29.8 Å². The predicted molar refractivity (Wildman–Crippen MR) is 128 cm³/mol. The number of halogens is 1. The number of hydrogen-bond acceptors (Lipinski definition) is 7. The van der Waals surface area contributed by atoms with Gasteiger partial charge >= 0.3 is 0 Å². The lowest BCUT2D eigenvalue weighted by atomic mass is 9.92. The fourth-order valence-electron chi connectivity index (χ4n) is 4.57. The van der Waals surface area contributed by atoms with Crippen LogP contribution >= 0.6 is 11.6 Å². The van der Waals surface area contributed by atoms with Crippen LogP contribution in [0.2, 0.25) is 5.02 Å². The van der Waals surface area contributed by atoms with Gasteiger partial charge in [-0.2, -0.15) is 5.26 Å². The van der Waals surface area contributed by atoms with E-state index in [1.807, 2.05) is 12.1 Å². The topological polar surface area (TPSA) is 108 Å². The van der Waals surface area contributed by atoms with Crippen LogP contribution in [0.3, 0.4) is 0 Å². The zero-order chi connectivity index (χ0) is 24.1. The zero-order valence-corrected chi connectivity index (χ0v) is 19.9. The molecule has 2 aromatic rings. The number of nitriles is 1. The molecule has 2 heterocycles. The van der Waals surface area contributed by atoms with Gasteiger partial charge in [0.05, 0.1) is 16.7 Å². The van der Waals surface area contributed by atoms with Crippen LogP contribution in [0.25, 0.3) is 0 Å². The quantitative estimate of drug-likeness (QED) is 0.665. The number of hydrogen-bond donors (Lipinski definition) is 1. The highest BCUT2D eigenvalue weighted by molar-refractivity contribution is 6.31. The smallest absolute Gasteiger partial charge is 0.272 e. The lowest BCUT2D eigenvalue weighted by Gasteiger charge is -2.31. The van der Waals surface area contributed by atoms with Gasteiger partial charge in [0.15, 0.2) is 11.5 Å². The van der Waals surface area contributed by atoms with Crippen molar-refractivity contribution >= 4 is 29.1 Å². The molecule has 0 spiro atoms. The Bertz CT molecular complexity index is 1070. The molecule has 2 fully saturated rings. The minimum absolute atomic E-state index is 0.0448. The summed E-state index contributed by atoms with van der Waals surface area (Å²) in [5, 5.41) is 20.8. The molecule has 1 aromatic heterocycles. The molecular weight excluding hydrogens is 454 g/mol. The second-order valence-corrected chi connectivity index (χ2v) is 9.37. The van der Waals surface area contributed by atoms with Gasteiger partial charge in [-0.05, 0) is 69.7 Å². The number of amides is 1. The van der Waals surface area contributed by atoms with Crippen LogP contribution in [-0.4, -0.2) is 47.1 Å². The van der Waals surface area contributed by atoms with Crippen LogP contribution in [0.15, 0.2) is 30.3 Å². The fraction of sp³-hybridized carbons (Fsp3) is 0.480. The van der Waals surface area contributed by atoms with Crippen LogP contribution in [0.1, 0.15) is 61.5 Å². The molecule has 0 atom stereocenters. The summed E-state index contributed by atoms with van der Waals surface area (Å²) < 4.78 is 6.01. The highest BCUT2D eigenvalue weighted by atomic mass is 35.5. The second-order valence-electron chi connectivity index (χ2n) is 8.97. The molecular formula is C25H28ClN5O3. The number of ketones is 1. The summed E-state index contributed by atoms with van der Waals surface area (Å²) in [4.78, 5) is 26.3. The van der Waals surface area contributed by atoms with E-state index in [9.17, 15) is 9.59 Å². The summed E-state index contributed by atoms with van der Waals surface area (Å²) in [6.07, 6.45) is 4.91. The van der Waals surface area contributed by atoms with Crippen molar-refractivity contribution in [1.29, 1.82) is 5.26 Å². The standard InChI is InChI=1S/C25H28ClN5O3/c1-16(32)17-10-12-31(13-11-17)24-9-8-23(29-30-24)25(33)28-19-3-6-20(7-4-19)34-21-5-2-18(15-27)22(26)14-21/h2,5,8-9,14,17,19-20H,3-4,6-7,10-13H2,1H3,(H,28,33)/t19-,20-. The van der Waals surface area contributed by atoms with E-state index in [4.69, 9.17) is 21.6 Å². The molecule has 4 rings (SSSR count). The largest absolute Gasteiger partial charge is 0.490 e. The van der Waals surface area contributed by atoms with Gasteiger partial charge in [0.25, 0.3) is 5.91 Å². The number of anilines is 1. The Balaban J connectivity index is 1.23. The highest BCUT2D eigenvalue weighted by Crippen LogP contribution is 2.27. The number of nitrogens with zero attached hydrogens (tertiary/aromatic N) is 4. The molecule has 1 amide bonds. The van der Waals surface area contributed by atoms with E-state index in [1.165, 1.54) is 0 Å². The molecule has 1 aromatic carbocycles. The van der Waals surface area contributed by atoms with Crippen molar-refractivity contribution in [3.8, 4) is 11.8 Å². The number of Topliss-reactive ketones (excluding diaryl/α,β-unsaturated/α-hetero) is 1. The molecule has 34 heavy (non-hydrogen) atoms. The summed E-state index contributed by atoms with van der Waals surface area (Å²) >= 11 is 6.08. The van der Waals surface area contributed by atoms with Gasteiger partial charge in [-0.25, -0.2) is 0 Å². The van der Waals surface area contributed by atoms with Crippen molar-refractivity contribution in [1.82, 2.24) is 15.5 Å². The van der Waals surface area contributed by atoms with Crippen LogP contribution in [0.4, 0.5) is 5.82 Å². The number of piperidine rings is 1. The van der Waals surface area contributed by atoms with Crippen LogP contribution in [0, 0.1) is 17.2 Å². The first kappa shape index (κ1) is 24.0. The van der Waals surface area contributed by atoms with Gasteiger partial charge < -0.3 is 15.0 Å². The zero-order valence-electron chi connectivity index (χ0n) is 19.2. The van der Waals surface area contributed by atoms with E-state index in [0.29, 0.717) is 22.0 Å². The number of benzene rings is 1. The lowest BCUT2D eigenvalue weighted by Crippen LogP contribution is -2.40. The molecule has 1 aliphatic heterocycles. The average molecular weight is 482 g/mol. The number of aromatic nitrogens is 2. The molecule has 0 radical (unpaired) electrons. The summed E-state index contributed by atoms with van der Waals surface area (Å²) in [6, 6.07) is 10.7. The molecule has 2 aliphatic rings. The van der Waals surface area contributed by atoms with Crippen molar-refractivity contribution in [2.45, 2.75) is 57.6 Å². The van der Waals surface area contributed by atoms with Gasteiger partial charge in [-0.15, -0.1) is 10.2 Å². The monoisotopic (exact) mass is 481 g/mol. The van der Waals surface area contributed by atoms with Crippen molar-refractivity contribution in [3.05, 3.63) is 46.6 Å². The van der Waals surface area contributed by atoms with Crippen molar-refractivity contribution in [3.63, 3.8) is 0 Å². The number of ether oxygens (including phenoxy) is 1. The maximum Gasteiger partial charge on any atom is 0.272 e. The number of nitrogens with one attached hydrogen (secondary N) is 1. The number of rotatable bonds is 6. The molecule has 0 unspecified atom stereocenters. The maximum atomic E-state index is 12.7. The van der Waals surface area contributed by atoms with E-state index in [2.05, 4.69) is 20.4 Å². The van der Waals surface area contributed by atoms with E-state index in [1.54, 1.807) is 31.2 Å². The van der Waals surface area contributed by atoms with E-state index < -0.39 is 0 Å². The van der Waals surface area contributed by atoms with Crippen LogP contribution in [0.5, 0.6) is 5.75 Å². The predicted octanol–water partition coefficient (Wildman–Crippen LogP) is 3.93. The lowest BCUT2D eigenvalue weighted by molar-refractivity contribution is -0.121. The molecule has 178 valence electrons. The maximum absolute atomic E-state index is 12.7. The summed E-state index contributed by atoms with van der Waals surface area (Å²) in [6.45, 7) is 3.19. The number of carbonyl (C=O) groups is 2. The third-order valence-corrected chi connectivity index (χ3v) is 6.96. The Kier molecular flexibility index (Phi) is 7.63. The number of carbonyl (C=O) groups excluding carboxylic acids is 2. The van der Waals surface area contributed by atoms with Gasteiger partial charge in [-0.1, -0.05) is 11.6 Å². The molecule has 1 saturated carbocycles. The SMILES string of the molecule is CC(=O)C1CCN(c2ccc(C(=O)N[C@H]3CC[C@H](Oc4ccc(C#N)c(Cl)c4)CC3)nn2)CC1. The molecule has 8 nitrogen and oxygen atoms in total. The second kappa shape index (κ2) is 10.8. The Labute approximate surface area is 204 Å². The highest BCUT2D eigenvalue weighted by Gasteiger charge is 2.26. The Morgan fingerprint density at radius 1 is 1.09 bits per heavy atom. The third kappa shape index (κ3) is 5.84. The first-order valence-electron chi connectivity index (χ1n) is 11.7. The van der Waals surface area contributed by atoms with E-state index in [0.717, 1.165) is 57.4 Å². The van der Waals surface area contributed by atoms with Crippen molar-refractivity contribution in [2.75, 3.05) is 18.0 Å². The van der Waals surface area contributed by atoms with Gasteiger partial charge in [-0.3, -0.25) is 9.59 Å². The minimum Gasteiger partial charge on any atom is -0.490 e. The Morgan fingerprint density at radius 2 is 1.82 bits per heavy atom.